The number of carboxylic acid groups (broad SMARTS) is 1. The lowest BCUT2D eigenvalue weighted by Crippen LogP contribution is -2.08. The van der Waals surface area contributed by atoms with E-state index in [0.29, 0.717) is 12.4 Å². The molecule has 0 amide bonds. The van der Waals surface area contributed by atoms with Gasteiger partial charge >= 0.3 is 5.97 Å². The molecule has 0 radical (unpaired) electrons. The third kappa shape index (κ3) is 3.01. The number of halogens is 1. The van der Waals surface area contributed by atoms with Crippen LogP contribution in [0.25, 0.3) is 0 Å². The van der Waals surface area contributed by atoms with Crippen molar-refractivity contribution < 1.29 is 9.90 Å². The first kappa shape index (κ1) is 12.0. The number of hydrogen-bond donors (Lipinski definition) is 2. The molecule has 2 N–H and O–H groups in total. The van der Waals surface area contributed by atoms with E-state index in [1.807, 2.05) is 11.4 Å². The predicted octanol–water partition coefficient (Wildman–Crippen LogP) is 2.61. The summed E-state index contributed by atoms with van der Waals surface area (Å²) < 4.78 is 1.01. The van der Waals surface area contributed by atoms with E-state index < -0.39 is 5.97 Å². The molecular formula is C10H8BrN3O2S. The number of anilines is 1. The summed E-state index contributed by atoms with van der Waals surface area (Å²) in [7, 11) is 0. The highest BCUT2D eigenvalue weighted by Gasteiger charge is 2.11. The molecule has 0 fully saturated rings. The molecule has 17 heavy (non-hydrogen) atoms. The second-order valence-corrected chi connectivity index (χ2v) is 5.09. The Labute approximate surface area is 110 Å². The SMILES string of the molecule is O=C(O)c1cncnc1NCc1cc(Br)cs1. The summed E-state index contributed by atoms with van der Waals surface area (Å²) in [6, 6.07) is 1.97. The Morgan fingerprint density at radius 3 is 3.06 bits per heavy atom. The Kier molecular flexibility index (Phi) is 3.70. The number of nitrogens with zero attached hydrogens (tertiary/aromatic N) is 2. The van der Waals surface area contributed by atoms with Gasteiger partial charge in [0.05, 0.1) is 6.54 Å². The highest BCUT2D eigenvalue weighted by molar-refractivity contribution is 9.10. The molecule has 2 rings (SSSR count). The van der Waals surface area contributed by atoms with Crippen molar-refractivity contribution in [2.24, 2.45) is 0 Å². The van der Waals surface area contributed by atoms with Crippen LogP contribution in [0.1, 0.15) is 15.2 Å². The van der Waals surface area contributed by atoms with Crippen molar-refractivity contribution in [3.05, 3.63) is 38.9 Å². The van der Waals surface area contributed by atoms with Crippen LogP contribution in [0.2, 0.25) is 0 Å². The normalized spacial score (nSPS) is 10.2. The number of aromatic carboxylic acids is 1. The van der Waals surface area contributed by atoms with Crippen molar-refractivity contribution in [3.8, 4) is 0 Å². The van der Waals surface area contributed by atoms with Gasteiger partial charge in [-0.2, -0.15) is 0 Å². The Bertz CT molecular complexity index is 544. The smallest absolute Gasteiger partial charge is 0.341 e. The van der Waals surface area contributed by atoms with Crippen molar-refractivity contribution >= 4 is 39.1 Å². The first-order valence-corrected chi connectivity index (χ1v) is 6.34. The first-order valence-electron chi connectivity index (χ1n) is 4.67. The maximum Gasteiger partial charge on any atom is 0.341 e. The van der Waals surface area contributed by atoms with Crippen molar-refractivity contribution in [1.82, 2.24) is 9.97 Å². The van der Waals surface area contributed by atoms with E-state index in [2.05, 4.69) is 31.2 Å². The molecule has 7 heteroatoms. The molecule has 0 aliphatic rings. The minimum absolute atomic E-state index is 0.0723. The number of thiophene rings is 1. The molecule has 2 aromatic heterocycles. The summed E-state index contributed by atoms with van der Waals surface area (Å²) in [5.74, 6) is -0.711. The molecule has 0 saturated carbocycles. The van der Waals surface area contributed by atoms with Crippen LogP contribution < -0.4 is 5.32 Å². The summed E-state index contributed by atoms with van der Waals surface area (Å²) in [4.78, 5) is 19.6. The number of nitrogens with one attached hydrogen (secondary N) is 1. The molecule has 0 spiro atoms. The zero-order chi connectivity index (χ0) is 12.3. The van der Waals surface area contributed by atoms with Gasteiger partial charge in [-0.3, -0.25) is 0 Å². The van der Waals surface area contributed by atoms with Crippen LogP contribution in [0, 0.1) is 0 Å². The van der Waals surface area contributed by atoms with E-state index >= 15 is 0 Å². The second kappa shape index (κ2) is 5.24. The standard InChI is InChI=1S/C10H8BrN3O2S/c11-6-1-7(17-4-6)2-13-9-8(10(15)16)3-12-5-14-9/h1,3-5H,2H2,(H,15,16)(H,12,13,14). The lowest BCUT2D eigenvalue weighted by molar-refractivity contribution is 0.0697. The van der Waals surface area contributed by atoms with E-state index in [1.165, 1.54) is 12.5 Å². The molecule has 0 atom stereocenters. The van der Waals surface area contributed by atoms with Crippen molar-refractivity contribution in [1.29, 1.82) is 0 Å². The van der Waals surface area contributed by atoms with E-state index in [9.17, 15) is 4.79 Å². The molecule has 0 saturated heterocycles. The third-order valence-corrected chi connectivity index (χ3v) is 3.69. The first-order chi connectivity index (χ1) is 8.16. The van der Waals surface area contributed by atoms with Gasteiger partial charge in [0.2, 0.25) is 0 Å². The van der Waals surface area contributed by atoms with Gasteiger partial charge in [-0.15, -0.1) is 11.3 Å². The molecule has 5 nitrogen and oxygen atoms in total. The van der Waals surface area contributed by atoms with Gasteiger partial charge in [0.25, 0.3) is 0 Å². The van der Waals surface area contributed by atoms with Crippen LogP contribution in [0.4, 0.5) is 5.82 Å². The zero-order valence-corrected chi connectivity index (χ0v) is 11.0. The van der Waals surface area contributed by atoms with Gasteiger partial charge in [-0.1, -0.05) is 0 Å². The molecule has 0 unspecified atom stereocenters. The van der Waals surface area contributed by atoms with Crippen LogP contribution in [0.5, 0.6) is 0 Å². The zero-order valence-electron chi connectivity index (χ0n) is 8.55. The topological polar surface area (TPSA) is 75.1 Å². The Morgan fingerprint density at radius 2 is 2.41 bits per heavy atom. The molecule has 88 valence electrons. The van der Waals surface area contributed by atoms with Gasteiger partial charge in [0, 0.05) is 20.9 Å². The second-order valence-electron chi connectivity index (χ2n) is 3.17. The molecular weight excluding hydrogens is 306 g/mol. The lowest BCUT2D eigenvalue weighted by Gasteiger charge is -2.05. The van der Waals surface area contributed by atoms with Crippen LogP contribution in [-0.2, 0) is 6.54 Å². The molecule has 0 aliphatic carbocycles. The van der Waals surface area contributed by atoms with Gasteiger partial charge in [-0.25, -0.2) is 14.8 Å². The molecule has 2 heterocycles. The van der Waals surface area contributed by atoms with E-state index in [4.69, 9.17) is 5.11 Å². The minimum atomic E-state index is -1.04. The Morgan fingerprint density at radius 1 is 1.59 bits per heavy atom. The monoisotopic (exact) mass is 313 g/mol. The molecule has 0 aliphatic heterocycles. The van der Waals surface area contributed by atoms with Crippen molar-refractivity contribution in [2.45, 2.75) is 6.54 Å². The fourth-order valence-electron chi connectivity index (χ4n) is 1.24. The maximum atomic E-state index is 10.9. The quantitative estimate of drug-likeness (QED) is 0.907. The Hall–Kier alpha value is -1.47. The molecule has 2 aromatic rings. The molecule has 0 aromatic carbocycles. The van der Waals surface area contributed by atoms with Crippen molar-refractivity contribution in [2.75, 3.05) is 5.32 Å². The summed E-state index contributed by atoms with van der Waals surface area (Å²) >= 11 is 4.94. The molecule has 0 bridgehead atoms. The fourth-order valence-corrected chi connectivity index (χ4v) is 2.64. The van der Waals surface area contributed by atoms with Gasteiger partial charge in [0.1, 0.15) is 17.7 Å². The van der Waals surface area contributed by atoms with Crippen LogP contribution in [-0.4, -0.2) is 21.0 Å². The highest BCUT2D eigenvalue weighted by Crippen LogP contribution is 2.21. The van der Waals surface area contributed by atoms with Gasteiger partial charge in [0.15, 0.2) is 0 Å². The number of hydrogen-bond acceptors (Lipinski definition) is 5. The number of carboxylic acids is 1. The summed E-state index contributed by atoms with van der Waals surface area (Å²) in [5.41, 5.74) is 0.0723. The highest BCUT2D eigenvalue weighted by atomic mass is 79.9. The number of rotatable bonds is 4. The number of aromatic nitrogens is 2. The van der Waals surface area contributed by atoms with Gasteiger partial charge < -0.3 is 10.4 Å². The maximum absolute atomic E-state index is 10.9. The summed E-state index contributed by atoms with van der Waals surface area (Å²) in [6.07, 6.45) is 2.60. The fraction of sp³-hybridized carbons (Fsp3) is 0.100. The van der Waals surface area contributed by atoms with Gasteiger partial charge in [-0.05, 0) is 22.0 Å². The minimum Gasteiger partial charge on any atom is -0.477 e. The predicted molar refractivity (Wildman–Crippen MR) is 68.3 cm³/mol. The average molecular weight is 314 g/mol. The van der Waals surface area contributed by atoms with E-state index in [0.717, 1.165) is 9.35 Å². The summed E-state index contributed by atoms with van der Waals surface area (Å²) in [6.45, 7) is 0.535. The van der Waals surface area contributed by atoms with E-state index in [-0.39, 0.29) is 5.56 Å². The third-order valence-electron chi connectivity index (χ3n) is 1.99. The van der Waals surface area contributed by atoms with E-state index in [1.54, 1.807) is 11.3 Å². The van der Waals surface area contributed by atoms with Crippen molar-refractivity contribution in [3.63, 3.8) is 0 Å². The number of carbonyl (C=O) groups is 1. The summed E-state index contributed by atoms with van der Waals surface area (Å²) in [5, 5.41) is 13.9. The van der Waals surface area contributed by atoms with Crippen LogP contribution >= 0.6 is 27.3 Å². The largest absolute Gasteiger partial charge is 0.477 e. The van der Waals surface area contributed by atoms with Crippen LogP contribution in [0.3, 0.4) is 0 Å². The lowest BCUT2D eigenvalue weighted by atomic mass is 10.3. The van der Waals surface area contributed by atoms with Crippen LogP contribution in [0.15, 0.2) is 28.4 Å². The Balaban J connectivity index is 2.11. The average Bonchev–Trinajstić information content (AvgIpc) is 2.73.